The summed E-state index contributed by atoms with van der Waals surface area (Å²) < 4.78 is 0. The molecule has 0 spiro atoms. The molecule has 0 saturated carbocycles. The highest BCUT2D eigenvalue weighted by Crippen LogP contribution is 2.22. The lowest BCUT2D eigenvalue weighted by molar-refractivity contribution is 0.271. The molecular weight excluding hydrogens is 300 g/mol. The molecule has 0 amide bonds. The fourth-order valence-corrected chi connectivity index (χ4v) is 2.76. The number of phenols is 1. The second kappa shape index (κ2) is 7.64. The Hall–Kier alpha value is -2.82. The standard InChI is InChI=1S/C19H22N4O/c1-2-6-16-7-5-8-17(19(16)24)15-21-23-13-11-22(12-14-23)18-9-3-4-10-20-18/h2-5,7-10,15,24H,1,6,11-14H2/b21-15+. The van der Waals surface area contributed by atoms with E-state index in [2.05, 4.69) is 21.6 Å². The highest BCUT2D eigenvalue weighted by Gasteiger charge is 2.16. The summed E-state index contributed by atoms with van der Waals surface area (Å²) in [6.07, 6.45) is 5.99. The van der Waals surface area contributed by atoms with Crippen molar-refractivity contribution in [1.82, 2.24) is 9.99 Å². The van der Waals surface area contributed by atoms with Crippen LogP contribution in [-0.4, -0.2) is 47.5 Å². The number of para-hydroxylation sites is 1. The first-order valence-electron chi connectivity index (χ1n) is 8.14. The van der Waals surface area contributed by atoms with Gasteiger partial charge in [-0.15, -0.1) is 6.58 Å². The SMILES string of the molecule is C=CCc1cccc(/C=N/N2CCN(c3ccccn3)CC2)c1O. The zero-order valence-corrected chi connectivity index (χ0v) is 13.7. The van der Waals surface area contributed by atoms with Crippen molar-refractivity contribution in [3.05, 3.63) is 66.4 Å². The third kappa shape index (κ3) is 3.74. The molecule has 2 heterocycles. The summed E-state index contributed by atoms with van der Waals surface area (Å²) in [5, 5.41) is 16.8. The number of hydrazone groups is 1. The van der Waals surface area contributed by atoms with E-state index in [1.807, 2.05) is 47.6 Å². The molecule has 1 aliphatic heterocycles. The first kappa shape index (κ1) is 16.1. The Kier molecular flexibility index (Phi) is 5.11. The van der Waals surface area contributed by atoms with Gasteiger partial charge in [0.05, 0.1) is 19.3 Å². The van der Waals surface area contributed by atoms with Crippen LogP contribution in [0.2, 0.25) is 0 Å². The van der Waals surface area contributed by atoms with Crippen LogP contribution in [0.4, 0.5) is 5.82 Å². The Morgan fingerprint density at radius 2 is 1.96 bits per heavy atom. The maximum atomic E-state index is 10.3. The van der Waals surface area contributed by atoms with E-state index in [1.54, 1.807) is 12.3 Å². The van der Waals surface area contributed by atoms with E-state index in [0.717, 1.165) is 43.1 Å². The molecule has 5 nitrogen and oxygen atoms in total. The van der Waals surface area contributed by atoms with Gasteiger partial charge in [-0.25, -0.2) is 4.98 Å². The lowest BCUT2D eigenvalue weighted by Gasteiger charge is -2.33. The summed E-state index contributed by atoms with van der Waals surface area (Å²) in [6, 6.07) is 11.7. The van der Waals surface area contributed by atoms with Crippen LogP contribution in [0, 0.1) is 0 Å². The Balaban J connectivity index is 1.61. The molecule has 1 aromatic heterocycles. The number of phenolic OH excluding ortho intramolecular Hbond substituents is 1. The van der Waals surface area contributed by atoms with Crippen molar-refractivity contribution in [2.24, 2.45) is 5.10 Å². The number of aromatic hydroxyl groups is 1. The lowest BCUT2D eigenvalue weighted by Crippen LogP contribution is -2.44. The number of hydrogen-bond acceptors (Lipinski definition) is 5. The second-order valence-corrected chi connectivity index (χ2v) is 5.72. The zero-order chi connectivity index (χ0) is 16.8. The molecule has 0 bridgehead atoms. The molecular formula is C19H22N4O. The van der Waals surface area contributed by atoms with Crippen LogP contribution in [0.15, 0.2) is 60.4 Å². The van der Waals surface area contributed by atoms with Gasteiger partial charge in [0.15, 0.2) is 0 Å². The molecule has 1 aromatic carbocycles. The largest absolute Gasteiger partial charge is 0.507 e. The molecule has 0 aliphatic carbocycles. The third-order valence-corrected chi connectivity index (χ3v) is 4.10. The van der Waals surface area contributed by atoms with Gasteiger partial charge in [0, 0.05) is 24.8 Å². The van der Waals surface area contributed by atoms with Crippen molar-refractivity contribution < 1.29 is 5.11 Å². The number of anilines is 1. The number of hydrogen-bond donors (Lipinski definition) is 1. The molecule has 3 rings (SSSR count). The second-order valence-electron chi connectivity index (χ2n) is 5.72. The molecule has 1 aliphatic rings. The number of nitrogens with zero attached hydrogens (tertiary/aromatic N) is 4. The monoisotopic (exact) mass is 322 g/mol. The minimum atomic E-state index is 0.285. The molecule has 24 heavy (non-hydrogen) atoms. The van der Waals surface area contributed by atoms with E-state index in [4.69, 9.17) is 0 Å². The Morgan fingerprint density at radius 3 is 2.67 bits per heavy atom. The molecule has 0 unspecified atom stereocenters. The molecule has 1 N–H and O–H groups in total. The van der Waals surface area contributed by atoms with Crippen LogP contribution in [0.1, 0.15) is 11.1 Å². The molecule has 1 saturated heterocycles. The average molecular weight is 322 g/mol. The summed E-state index contributed by atoms with van der Waals surface area (Å²) in [5.74, 6) is 1.30. The third-order valence-electron chi connectivity index (χ3n) is 4.10. The first-order valence-corrected chi connectivity index (χ1v) is 8.14. The summed E-state index contributed by atoms with van der Waals surface area (Å²) >= 11 is 0. The van der Waals surface area contributed by atoms with Crippen LogP contribution in [0.5, 0.6) is 5.75 Å². The van der Waals surface area contributed by atoms with Crippen molar-refractivity contribution in [2.45, 2.75) is 6.42 Å². The van der Waals surface area contributed by atoms with Gasteiger partial charge in [0.1, 0.15) is 11.6 Å². The Morgan fingerprint density at radius 1 is 1.12 bits per heavy atom. The average Bonchev–Trinajstić information content (AvgIpc) is 2.64. The van der Waals surface area contributed by atoms with Crippen molar-refractivity contribution >= 4 is 12.0 Å². The van der Waals surface area contributed by atoms with Gasteiger partial charge in [0.25, 0.3) is 0 Å². The molecule has 1 fully saturated rings. The van der Waals surface area contributed by atoms with Gasteiger partial charge in [0.2, 0.25) is 0 Å². The van der Waals surface area contributed by atoms with Crippen molar-refractivity contribution in [3.63, 3.8) is 0 Å². The number of rotatable bonds is 5. The smallest absolute Gasteiger partial charge is 0.128 e. The maximum absolute atomic E-state index is 10.3. The number of piperazine rings is 1. The molecule has 2 aromatic rings. The van der Waals surface area contributed by atoms with Gasteiger partial charge < -0.3 is 10.0 Å². The van der Waals surface area contributed by atoms with Gasteiger partial charge >= 0.3 is 0 Å². The highest BCUT2D eigenvalue weighted by molar-refractivity contribution is 5.83. The number of pyridine rings is 1. The first-order chi connectivity index (χ1) is 11.8. The van der Waals surface area contributed by atoms with Gasteiger partial charge in [-0.05, 0) is 30.2 Å². The molecule has 0 radical (unpaired) electrons. The fourth-order valence-electron chi connectivity index (χ4n) is 2.76. The quantitative estimate of drug-likeness (QED) is 0.679. The van der Waals surface area contributed by atoms with Crippen LogP contribution in [0.3, 0.4) is 0 Å². The summed E-state index contributed by atoms with van der Waals surface area (Å²) in [7, 11) is 0. The topological polar surface area (TPSA) is 52.0 Å². The fraction of sp³-hybridized carbons (Fsp3) is 0.263. The van der Waals surface area contributed by atoms with Crippen LogP contribution in [-0.2, 0) is 6.42 Å². The minimum absolute atomic E-state index is 0.285. The molecule has 5 heteroatoms. The highest BCUT2D eigenvalue weighted by atomic mass is 16.3. The van der Waals surface area contributed by atoms with Crippen LogP contribution >= 0.6 is 0 Å². The van der Waals surface area contributed by atoms with E-state index >= 15 is 0 Å². The summed E-state index contributed by atoms with van der Waals surface area (Å²) in [6.45, 7) is 7.15. The zero-order valence-electron chi connectivity index (χ0n) is 13.7. The van der Waals surface area contributed by atoms with Crippen molar-refractivity contribution in [3.8, 4) is 5.75 Å². The van der Waals surface area contributed by atoms with Gasteiger partial charge in [-0.1, -0.05) is 24.3 Å². The van der Waals surface area contributed by atoms with E-state index < -0.39 is 0 Å². The maximum Gasteiger partial charge on any atom is 0.128 e. The van der Waals surface area contributed by atoms with E-state index in [0.29, 0.717) is 6.42 Å². The van der Waals surface area contributed by atoms with Crippen LogP contribution in [0.25, 0.3) is 0 Å². The lowest BCUT2D eigenvalue weighted by atomic mass is 10.1. The molecule has 0 atom stereocenters. The summed E-state index contributed by atoms with van der Waals surface area (Å²) in [5.41, 5.74) is 1.61. The van der Waals surface area contributed by atoms with Gasteiger partial charge in [-0.2, -0.15) is 5.10 Å². The number of allylic oxidation sites excluding steroid dienone is 1. The predicted octanol–water partition coefficient (Wildman–Crippen LogP) is 2.67. The van der Waals surface area contributed by atoms with E-state index in [-0.39, 0.29) is 5.75 Å². The van der Waals surface area contributed by atoms with Crippen LogP contribution < -0.4 is 4.90 Å². The normalized spacial score (nSPS) is 15.0. The minimum Gasteiger partial charge on any atom is -0.507 e. The number of aromatic nitrogens is 1. The number of benzene rings is 1. The van der Waals surface area contributed by atoms with Crippen molar-refractivity contribution in [2.75, 3.05) is 31.1 Å². The van der Waals surface area contributed by atoms with E-state index in [9.17, 15) is 5.11 Å². The predicted molar refractivity (Wildman–Crippen MR) is 97.6 cm³/mol. The Bertz CT molecular complexity index is 707. The van der Waals surface area contributed by atoms with E-state index in [1.165, 1.54) is 0 Å². The summed E-state index contributed by atoms with van der Waals surface area (Å²) in [4.78, 5) is 6.65. The molecule has 124 valence electrons. The Labute approximate surface area is 142 Å². The van der Waals surface area contributed by atoms with Crippen molar-refractivity contribution in [1.29, 1.82) is 0 Å². The van der Waals surface area contributed by atoms with Gasteiger partial charge in [-0.3, -0.25) is 5.01 Å².